The molecule has 0 saturated heterocycles. The molecular weight excluding hydrogens is 800 g/mol. The zero-order valence-corrected chi connectivity index (χ0v) is 40.3. The molecule has 0 aliphatic carbocycles. The van der Waals surface area contributed by atoms with E-state index in [1.807, 2.05) is 30.5 Å². The van der Waals surface area contributed by atoms with E-state index >= 15 is 0 Å². The van der Waals surface area contributed by atoms with Crippen molar-refractivity contribution < 1.29 is 9.13 Å². The molecule has 0 fully saturated rings. The molecule has 6 aromatic carbocycles. The van der Waals surface area contributed by atoms with Gasteiger partial charge < -0.3 is 14.5 Å². The van der Waals surface area contributed by atoms with Crippen LogP contribution in [-0.2, 0) is 28.2 Å². The van der Waals surface area contributed by atoms with Gasteiger partial charge in [0.05, 0.1) is 29.1 Å². The average Bonchev–Trinajstić information content (AvgIpc) is 3.76. The molecule has 1 aliphatic rings. The highest BCUT2D eigenvalue weighted by Gasteiger charge is 2.30. The number of aromatic nitrogens is 2. The van der Waals surface area contributed by atoms with Crippen LogP contribution >= 0.6 is 0 Å². The maximum absolute atomic E-state index is 15.0. The third-order valence-electron chi connectivity index (χ3n) is 13.0. The van der Waals surface area contributed by atoms with E-state index in [0.29, 0.717) is 12.4 Å². The Kier molecular flexibility index (Phi) is 10.7. The Balaban J connectivity index is 1.08. The summed E-state index contributed by atoms with van der Waals surface area (Å²) in [6.45, 7) is 28.6. The van der Waals surface area contributed by atoms with Gasteiger partial charge in [0.1, 0.15) is 23.1 Å². The summed E-state index contributed by atoms with van der Waals surface area (Å²) in [5.74, 6) is 1.91. The minimum absolute atomic E-state index is 0.00274. The second-order valence-electron chi connectivity index (χ2n) is 22.1. The van der Waals surface area contributed by atoms with E-state index in [0.717, 1.165) is 56.7 Å². The van der Waals surface area contributed by atoms with Gasteiger partial charge in [0, 0.05) is 46.9 Å². The molecule has 0 N–H and O–H groups in total. The van der Waals surface area contributed by atoms with E-state index in [2.05, 4.69) is 195 Å². The summed E-state index contributed by atoms with van der Waals surface area (Å²) in [6.07, 6.45) is 2.00. The van der Waals surface area contributed by atoms with Gasteiger partial charge in [0.15, 0.2) is 0 Å². The van der Waals surface area contributed by atoms with Gasteiger partial charge >= 0.3 is 0 Å². The number of ether oxygens (including phenoxy) is 1. The Labute approximate surface area is 385 Å². The number of hydrogen-bond acceptors (Lipinski definition) is 4. The molecule has 8 aromatic rings. The van der Waals surface area contributed by atoms with Crippen molar-refractivity contribution in [2.75, 3.05) is 16.5 Å². The van der Waals surface area contributed by atoms with Gasteiger partial charge in [0.25, 0.3) is 0 Å². The van der Waals surface area contributed by atoms with Gasteiger partial charge in [-0.25, -0.2) is 9.37 Å². The van der Waals surface area contributed by atoms with E-state index < -0.39 is 0 Å². The van der Waals surface area contributed by atoms with Gasteiger partial charge in [-0.15, -0.1) is 0 Å². The molecule has 0 amide bonds. The monoisotopic (exact) mass is 862 g/mol. The van der Waals surface area contributed by atoms with Gasteiger partial charge in [-0.1, -0.05) is 144 Å². The molecule has 0 radical (unpaired) electrons. The van der Waals surface area contributed by atoms with Crippen LogP contribution in [0.3, 0.4) is 0 Å². The summed E-state index contributed by atoms with van der Waals surface area (Å²) in [6, 6.07) is 46.5. The molecule has 0 saturated carbocycles. The largest absolute Gasteiger partial charge is 0.457 e. The number of pyridine rings is 1. The first-order valence-electron chi connectivity index (χ1n) is 23.0. The normalized spacial score (nSPS) is 13.6. The minimum atomic E-state index is -0.277. The smallest absolute Gasteiger partial charge is 0.137 e. The van der Waals surface area contributed by atoms with Crippen LogP contribution in [0.2, 0.25) is 0 Å². The number of halogens is 1. The van der Waals surface area contributed by atoms with Crippen molar-refractivity contribution in [2.24, 2.45) is 0 Å². The molecule has 6 heteroatoms. The number of fused-ring (bicyclic) bond motifs is 4. The molecule has 9 rings (SSSR count). The minimum Gasteiger partial charge on any atom is -0.457 e. The zero-order valence-electron chi connectivity index (χ0n) is 40.3. The summed E-state index contributed by atoms with van der Waals surface area (Å²) >= 11 is 0. The average molecular weight is 863 g/mol. The highest BCUT2D eigenvalue weighted by Crippen LogP contribution is 2.45. The summed E-state index contributed by atoms with van der Waals surface area (Å²) < 4.78 is 23.9. The highest BCUT2D eigenvalue weighted by molar-refractivity contribution is 6.09. The number of nitrogens with zero attached hydrogens (tertiary/aromatic N) is 4. The maximum atomic E-state index is 15.0. The molecule has 0 atom stereocenters. The second-order valence-corrected chi connectivity index (χ2v) is 22.1. The lowest BCUT2D eigenvalue weighted by Gasteiger charge is -2.25. The summed E-state index contributed by atoms with van der Waals surface area (Å²) in [7, 11) is 0. The first-order chi connectivity index (χ1) is 30.6. The van der Waals surface area contributed by atoms with Crippen LogP contribution in [0.1, 0.15) is 111 Å². The standard InChI is InChI=1S/C59H63FN4O/c1-56(2,3)40-21-19-39(20-22-40)49-35-61-55(34-50(49)59(10,11)12)64-51-28-24-43(60)31-48(51)47-26-25-46(33-53(47)64)65-45-18-14-17-44(32-45)63-37-62(36-38-15-13-16-41(29-38)57(4,5)6)52-27-23-42(30-54(52)63)58(7,8)9/h13-35H,36-37H2,1-12H3. The Morgan fingerprint density at radius 1 is 0.554 bits per heavy atom. The Morgan fingerprint density at radius 3 is 1.94 bits per heavy atom. The van der Waals surface area contributed by atoms with E-state index in [4.69, 9.17) is 9.72 Å². The third kappa shape index (κ3) is 8.64. The summed E-state index contributed by atoms with van der Waals surface area (Å²) in [5, 5.41) is 1.75. The van der Waals surface area contributed by atoms with Crippen LogP contribution < -0.4 is 14.5 Å². The fraction of sp³-hybridized carbons (Fsp3) is 0.305. The van der Waals surface area contributed by atoms with Crippen molar-refractivity contribution in [2.45, 2.75) is 111 Å². The molecule has 0 unspecified atom stereocenters. The second kappa shape index (κ2) is 15.9. The van der Waals surface area contributed by atoms with Crippen molar-refractivity contribution >= 4 is 38.9 Å². The van der Waals surface area contributed by atoms with Crippen molar-refractivity contribution in [1.82, 2.24) is 9.55 Å². The molecule has 0 bridgehead atoms. The fourth-order valence-corrected chi connectivity index (χ4v) is 9.21. The van der Waals surface area contributed by atoms with Crippen molar-refractivity contribution in [3.05, 3.63) is 173 Å². The number of anilines is 3. The van der Waals surface area contributed by atoms with E-state index in [9.17, 15) is 4.39 Å². The third-order valence-corrected chi connectivity index (χ3v) is 13.0. The van der Waals surface area contributed by atoms with E-state index in [1.54, 1.807) is 6.07 Å². The summed E-state index contributed by atoms with van der Waals surface area (Å²) in [4.78, 5) is 10.0. The Hall–Kier alpha value is -6.40. The predicted octanol–water partition coefficient (Wildman–Crippen LogP) is 16.1. The lowest BCUT2D eigenvalue weighted by atomic mass is 9.81. The van der Waals surface area contributed by atoms with Gasteiger partial charge in [-0.3, -0.25) is 4.57 Å². The first-order valence-corrected chi connectivity index (χ1v) is 23.0. The van der Waals surface area contributed by atoms with Crippen LogP contribution in [0.5, 0.6) is 11.5 Å². The van der Waals surface area contributed by atoms with Crippen LogP contribution in [0.4, 0.5) is 21.5 Å². The Bertz CT molecular complexity index is 3080. The number of benzene rings is 6. The first kappa shape index (κ1) is 43.8. The lowest BCUT2D eigenvalue weighted by Crippen LogP contribution is -2.27. The van der Waals surface area contributed by atoms with Crippen molar-refractivity contribution in [3.63, 3.8) is 0 Å². The molecule has 65 heavy (non-hydrogen) atoms. The van der Waals surface area contributed by atoms with Crippen molar-refractivity contribution in [3.8, 4) is 28.4 Å². The molecular formula is C59H63FN4O. The van der Waals surface area contributed by atoms with Gasteiger partial charge in [-0.05, 0) is 116 Å². The quantitative estimate of drug-likeness (QED) is 0.160. The molecule has 5 nitrogen and oxygen atoms in total. The van der Waals surface area contributed by atoms with Crippen LogP contribution in [0.25, 0.3) is 38.8 Å². The Morgan fingerprint density at radius 2 is 1.23 bits per heavy atom. The maximum Gasteiger partial charge on any atom is 0.137 e. The van der Waals surface area contributed by atoms with Gasteiger partial charge in [0.2, 0.25) is 0 Å². The molecule has 3 heterocycles. The molecule has 0 spiro atoms. The zero-order chi connectivity index (χ0) is 46.2. The van der Waals surface area contributed by atoms with Crippen LogP contribution in [0.15, 0.2) is 140 Å². The summed E-state index contributed by atoms with van der Waals surface area (Å²) in [5.41, 5.74) is 13.8. The number of rotatable bonds is 7. The molecule has 332 valence electrons. The van der Waals surface area contributed by atoms with Gasteiger partial charge in [-0.2, -0.15) is 0 Å². The fourth-order valence-electron chi connectivity index (χ4n) is 9.21. The topological polar surface area (TPSA) is 33.5 Å². The number of hydrogen-bond donors (Lipinski definition) is 0. The lowest BCUT2D eigenvalue weighted by molar-refractivity contribution is 0.483. The molecule has 1 aliphatic heterocycles. The van der Waals surface area contributed by atoms with E-state index in [1.165, 1.54) is 45.3 Å². The van der Waals surface area contributed by atoms with Crippen LogP contribution in [0, 0.1) is 5.82 Å². The molecule has 2 aromatic heterocycles. The van der Waals surface area contributed by atoms with Crippen LogP contribution in [-0.4, -0.2) is 16.2 Å². The predicted molar refractivity (Wildman–Crippen MR) is 271 cm³/mol. The van der Waals surface area contributed by atoms with E-state index in [-0.39, 0.29) is 27.5 Å². The SMILES string of the molecule is CC(C)(C)c1ccc(-c2cnc(-n3c4ccc(F)cc4c4ccc(Oc5cccc(N6CN(Cc7cccc(C(C)(C)C)c7)c7ccc(C(C)(C)C)cc76)c5)cc43)cc2C(C)(C)C)cc1. The highest BCUT2D eigenvalue weighted by atomic mass is 19.1. The van der Waals surface area contributed by atoms with Crippen molar-refractivity contribution in [1.29, 1.82) is 0 Å².